The topological polar surface area (TPSA) is 57.6 Å². The van der Waals surface area contributed by atoms with Gasteiger partial charge in [0, 0.05) is 12.6 Å². The molecule has 4 nitrogen and oxygen atoms in total. The van der Waals surface area contributed by atoms with E-state index >= 15 is 0 Å². The molecule has 1 fully saturated rings. The van der Waals surface area contributed by atoms with Gasteiger partial charge in [-0.25, -0.2) is 8.42 Å². The van der Waals surface area contributed by atoms with E-state index in [2.05, 4.69) is 0 Å². The van der Waals surface area contributed by atoms with Crippen LogP contribution in [0.2, 0.25) is 0 Å². The molecule has 1 saturated heterocycles. The van der Waals surface area contributed by atoms with Crippen LogP contribution in [-0.2, 0) is 10.0 Å². The molecule has 5 heteroatoms. The Bertz CT molecular complexity index is 636. The minimum absolute atomic E-state index is 0.110. The second kappa shape index (κ2) is 5.71. The van der Waals surface area contributed by atoms with Gasteiger partial charge in [-0.05, 0) is 75.3 Å². The highest BCUT2D eigenvalue weighted by Crippen LogP contribution is 2.34. The van der Waals surface area contributed by atoms with Crippen LogP contribution in [0.5, 0.6) is 0 Å². The van der Waals surface area contributed by atoms with Crippen LogP contribution >= 0.6 is 0 Å². The molecule has 1 heterocycles. The number of rotatable bonds is 3. The number of aliphatic hydroxyl groups excluding tert-OH is 1. The first-order chi connectivity index (χ1) is 9.73. The largest absolute Gasteiger partial charge is 0.395 e. The van der Waals surface area contributed by atoms with Gasteiger partial charge in [-0.2, -0.15) is 4.31 Å². The minimum atomic E-state index is -3.55. The summed E-state index contributed by atoms with van der Waals surface area (Å²) in [5.74, 6) is 0. The molecule has 0 bridgehead atoms. The lowest BCUT2D eigenvalue weighted by Gasteiger charge is -2.26. The molecule has 0 unspecified atom stereocenters. The molecule has 1 aromatic carbocycles. The molecule has 1 aromatic rings. The molecule has 0 spiro atoms. The van der Waals surface area contributed by atoms with E-state index in [4.69, 9.17) is 0 Å². The van der Waals surface area contributed by atoms with Gasteiger partial charge in [0.25, 0.3) is 0 Å². The fraction of sp³-hybridized carbons (Fsp3) is 0.625. The van der Waals surface area contributed by atoms with Crippen molar-refractivity contribution in [1.82, 2.24) is 4.31 Å². The van der Waals surface area contributed by atoms with Gasteiger partial charge in [-0.3, -0.25) is 0 Å². The average molecular weight is 311 g/mol. The molecular weight excluding hydrogens is 286 g/mol. The average Bonchev–Trinajstić information content (AvgIpc) is 2.92. The van der Waals surface area contributed by atoms with Crippen molar-refractivity contribution < 1.29 is 13.5 Å². The van der Waals surface area contributed by atoms with Gasteiger partial charge in [0.2, 0.25) is 10.0 Å². The second-order valence-electron chi connectivity index (χ2n) is 6.05. The van der Waals surface area contributed by atoms with Crippen molar-refractivity contribution in [3.05, 3.63) is 27.8 Å². The lowest BCUT2D eigenvalue weighted by atomic mass is 9.95. The molecule has 0 amide bonds. The predicted molar refractivity (Wildman–Crippen MR) is 84.1 cm³/mol. The van der Waals surface area contributed by atoms with Crippen LogP contribution in [0, 0.1) is 34.6 Å². The molecular formula is C16H25NO3S. The number of aliphatic hydroxyl groups is 1. The molecule has 1 aliphatic heterocycles. The summed E-state index contributed by atoms with van der Waals surface area (Å²) in [6, 6.07) is -0.282. The van der Waals surface area contributed by atoms with E-state index in [1.165, 1.54) is 4.31 Å². The molecule has 0 radical (unpaired) electrons. The van der Waals surface area contributed by atoms with Crippen LogP contribution in [0.4, 0.5) is 0 Å². The van der Waals surface area contributed by atoms with Crippen LogP contribution in [0.1, 0.15) is 40.7 Å². The van der Waals surface area contributed by atoms with Crippen LogP contribution < -0.4 is 0 Å². The molecule has 21 heavy (non-hydrogen) atoms. The number of hydrogen-bond acceptors (Lipinski definition) is 3. The van der Waals surface area contributed by atoms with Gasteiger partial charge < -0.3 is 5.11 Å². The minimum Gasteiger partial charge on any atom is -0.395 e. The first-order valence-corrected chi connectivity index (χ1v) is 8.87. The van der Waals surface area contributed by atoms with Crippen molar-refractivity contribution in [2.75, 3.05) is 13.2 Å². The summed E-state index contributed by atoms with van der Waals surface area (Å²) in [7, 11) is -3.55. The summed E-state index contributed by atoms with van der Waals surface area (Å²) in [4.78, 5) is 0.434. The second-order valence-corrected chi connectivity index (χ2v) is 7.88. The Morgan fingerprint density at radius 2 is 1.48 bits per heavy atom. The van der Waals surface area contributed by atoms with Gasteiger partial charge in [0.15, 0.2) is 0 Å². The first kappa shape index (κ1) is 16.5. The third kappa shape index (κ3) is 2.51. The zero-order chi connectivity index (χ0) is 15.9. The number of benzene rings is 1. The van der Waals surface area contributed by atoms with E-state index in [9.17, 15) is 13.5 Å². The molecule has 0 aliphatic carbocycles. The van der Waals surface area contributed by atoms with Crippen LogP contribution in [-0.4, -0.2) is 37.0 Å². The molecule has 0 aromatic heterocycles. The van der Waals surface area contributed by atoms with Crippen LogP contribution in [0.25, 0.3) is 0 Å². The summed E-state index contributed by atoms with van der Waals surface area (Å²) >= 11 is 0. The zero-order valence-corrected chi connectivity index (χ0v) is 14.3. The van der Waals surface area contributed by atoms with Crippen molar-refractivity contribution in [3.63, 3.8) is 0 Å². The maximum absolute atomic E-state index is 13.1. The Balaban J connectivity index is 2.66. The van der Waals surface area contributed by atoms with Gasteiger partial charge in [-0.1, -0.05) is 0 Å². The van der Waals surface area contributed by atoms with E-state index in [-0.39, 0.29) is 12.6 Å². The lowest BCUT2D eigenvalue weighted by molar-refractivity contribution is 0.213. The Morgan fingerprint density at radius 1 is 1.00 bits per heavy atom. The summed E-state index contributed by atoms with van der Waals surface area (Å²) in [5.41, 5.74) is 4.90. The van der Waals surface area contributed by atoms with Crippen LogP contribution in [0.3, 0.4) is 0 Å². The molecule has 1 N–H and O–H groups in total. The molecule has 0 saturated carbocycles. The van der Waals surface area contributed by atoms with Gasteiger partial charge in [0.1, 0.15) is 0 Å². The van der Waals surface area contributed by atoms with E-state index in [0.717, 1.165) is 40.7 Å². The van der Waals surface area contributed by atoms with E-state index in [1.54, 1.807) is 0 Å². The van der Waals surface area contributed by atoms with Crippen molar-refractivity contribution >= 4 is 10.0 Å². The monoisotopic (exact) mass is 311 g/mol. The van der Waals surface area contributed by atoms with Crippen molar-refractivity contribution in [2.24, 2.45) is 0 Å². The van der Waals surface area contributed by atoms with Gasteiger partial charge in [-0.15, -0.1) is 0 Å². The summed E-state index contributed by atoms with van der Waals surface area (Å²) in [6.45, 7) is 10.1. The first-order valence-electron chi connectivity index (χ1n) is 7.43. The van der Waals surface area contributed by atoms with Crippen molar-refractivity contribution in [2.45, 2.75) is 58.4 Å². The Hall–Kier alpha value is -0.910. The zero-order valence-electron chi connectivity index (χ0n) is 13.5. The fourth-order valence-electron chi connectivity index (χ4n) is 3.28. The van der Waals surface area contributed by atoms with E-state index < -0.39 is 10.0 Å². The van der Waals surface area contributed by atoms with Crippen molar-refractivity contribution in [3.8, 4) is 0 Å². The highest BCUT2D eigenvalue weighted by Gasteiger charge is 2.37. The number of sulfonamides is 1. The normalized spacial score (nSPS) is 20.2. The Kier molecular flexibility index (Phi) is 4.47. The van der Waals surface area contributed by atoms with Gasteiger partial charge in [0.05, 0.1) is 11.5 Å². The Labute approximate surface area is 127 Å². The highest BCUT2D eigenvalue weighted by atomic mass is 32.2. The van der Waals surface area contributed by atoms with Crippen molar-refractivity contribution in [1.29, 1.82) is 0 Å². The standard InChI is InChI=1S/C16H25NO3S/c1-10-11(2)13(4)16(14(5)12(10)3)21(19,20)17-8-6-7-15(17)9-18/h15,18H,6-9H2,1-5H3/t15-/m1/s1. The molecule has 1 aliphatic rings. The Morgan fingerprint density at radius 3 is 1.95 bits per heavy atom. The smallest absolute Gasteiger partial charge is 0.243 e. The quantitative estimate of drug-likeness (QED) is 0.932. The van der Waals surface area contributed by atoms with Crippen LogP contribution in [0.15, 0.2) is 4.90 Å². The maximum atomic E-state index is 13.1. The predicted octanol–water partition coefficient (Wildman–Crippen LogP) is 2.37. The molecule has 2 rings (SSSR count). The number of nitrogens with zero attached hydrogens (tertiary/aromatic N) is 1. The summed E-state index contributed by atoms with van der Waals surface area (Å²) < 4.78 is 27.6. The summed E-state index contributed by atoms with van der Waals surface area (Å²) in [6.07, 6.45) is 1.55. The van der Waals surface area contributed by atoms with E-state index in [1.807, 2.05) is 34.6 Å². The fourth-order valence-corrected chi connectivity index (χ4v) is 5.53. The van der Waals surface area contributed by atoms with E-state index in [0.29, 0.717) is 11.4 Å². The molecule has 118 valence electrons. The highest BCUT2D eigenvalue weighted by molar-refractivity contribution is 7.89. The summed E-state index contributed by atoms with van der Waals surface area (Å²) in [5, 5.41) is 9.43. The third-order valence-corrected chi connectivity index (χ3v) is 7.26. The molecule has 1 atom stereocenters. The number of hydrogen-bond donors (Lipinski definition) is 1. The third-order valence-electron chi connectivity index (χ3n) is 5.03. The lowest BCUT2D eigenvalue weighted by Crippen LogP contribution is -2.38. The SMILES string of the molecule is Cc1c(C)c(C)c(S(=O)(=O)N2CCC[C@@H]2CO)c(C)c1C. The maximum Gasteiger partial charge on any atom is 0.243 e. The van der Waals surface area contributed by atoms with Gasteiger partial charge >= 0.3 is 0 Å².